The second-order valence-corrected chi connectivity index (χ2v) is 4.60. The van der Waals surface area contributed by atoms with Crippen LogP contribution in [0.25, 0.3) is 10.8 Å². The number of nitrogens with one attached hydrogen (secondary N) is 1. The third kappa shape index (κ3) is 1.65. The summed E-state index contributed by atoms with van der Waals surface area (Å²) in [7, 11) is 0. The number of rotatable bonds is 2. The van der Waals surface area contributed by atoms with Crippen LogP contribution in [0, 0.1) is 0 Å². The van der Waals surface area contributed by atoms with Crippen molar-refractivity contribution in [1.82, 2.24) is 0 Å². The van der Waals surface area contributed by atoms with Crippen molar-refractivity contribution in [1.29, 1.82) is 0 Å². The fourth-order valence-electron chi connectivity index (χ4n) is 2.35. The van der Waals surface area contributed by atoms with E-state index < -0.39 is 0 Å². The van der Waals surface area contributed by atoms with Crippen molar-refractivity contribution in [2.45, 2.75) is 24.9 Å². The van der Waals surface area contributed by atoms with Crippen LogP contribution in [0.2, 0.25) is 0 Å². The fourth-order valence-corrected chi connectivity index (χ4v) is 2.35. The van der Waals surface area contributed by atoms with Gasteiger partial charge in [0.1, 0.15) is 0 Å². The number of fused-ring (bicyclic) bond motifs is 1. The molecule has 0 saturated heterocycles. The Morgan fingerprint density at radius 3 is 2.56 bits per heavy atom. The maximum Gasteiger partial charge on any atom is 0.0422 e. The normalized spacial score (nSPS) is 24.1. The summed E-state index contributed by atoms with van der Waals surface area (Å²) < 4.78 is 0. The minimum atomic E-state index is 0.396. The lowest BCUT2D eigenvalue weighted by Gasteiger charge is -2.34. The standard InChI is InChI=1S/C14H16N2/c15-11-8-12(9-11)16-14-7-3-5-10-4-1-2-6-13(10)14/h1-7,11-12,16H,8-9,15H2. The smallest absolute Gasteiger partial charge is 0.0422 e. The Labute approximate surface area is 95.5 Å². The van der Waals surface area contributed by atoms with Gasteiger partial charge >= 0.3 is 0 Å². The summed E-state index contributed by atoms with van der Waals surface area (Å²) in [4.78, 5) is 0. The molecule has 2 aromatic rings. The fraction of sp³-hybridized carbons (Fsp3) is 0.286. The summed E-state index contributed by atoms with van der Waals surface area (Å²) in [6, 6.07) is 15.8. The van der Waals surface area contributed by atoms with Gasteiger partial charge in [0, 0.05) is 23.2 Å². The summed E-state index contributed by atoms with van der Waals surface area (Å²) in [6.07, 6.45) is 2.17. The third-order valence-electron chi connectivity index (χ3n) is 3.32. The average Bonchev–Trinajstić information content (AvgIpc) is 2.27. The van der Waals surface area contributed by atoms with Crippen LogP contribution in [0.1, 0.15) is 12.8 Å². The van der Waals surface area contributed by atoms with Gasteiger partial charge in [0.05, 0.1) is 0 Å². The van der Waals surface area contributed by atoms with Gasteiger partial charge in [0.2, 0.25) is 0 Å². The van der Waals surface area contributed by atoms with Gasteiger partial charge in [-0.25, -0.2) is 0 Å². The number of hydrogen-bond acceptors (Lipinski definition) is 2. The molecule has 0 spiro atoms. The first-order valence-corrected chi connectivity index (χ1v) is 5.83. The van der Waals surface area contributed by atoms with Crippen LogP contribution >= 0.6 is 0 Å². The lowest BCUT2D eigenvalue weighted by atomic mass is 9.87. The summed E-state index contributed by atoms with van der Waals surface area (Å²) in [5.74, 6) is 0. The lowest BCUT2D eigenvalue weighted by molar-refractivity contribution is 0.374. The van der Waals surface area contributed by atoms with Crippen LogP contribution in [0.5, 0.6) is 0 Å². The molecule has 0 bridgehead atoms. The highest BCUT2D eigenvalue weighted by molar-refractivity contribution is 5.93. The van der Waals surface area contributed by atoms with Gasteiger partial charge in [-0.05, 0) is 24.3 Å². The van der Waals surface area contributed by atoms with E-state index in [0.717, 1.165) is 12.8 Å². The van der Waals surface area contributed by atoms with Crippen LogP contribution in [-0.4, -0.2) is 12.1 Å². The number of anilines is 1. The van der Waals surface area contributed by atoms with Gasteiger partial charge in [0.25, 0.3) is 0 Å². The zero-order valence-corrected chi connectivity index (χ0v) is 9.19. The molecule has 0 heterocycles. The summed E-state index contributed by atoms with van der Waals surface area (Å²) in [5.41, 5.74) is 7.03. The van der Waals surface area contributed by atoms with Crippen LogP contribution < -0.4 is 11.1 Å². The molecule has 2 nitrogen and oxygen atoms in total. The minimum absolute atomic E-state index is 0.396. The Balaban J connectivity index is 1.91. The van der Waals surface area contributed by atoms with Crippen LogP contribution in [-0.2, 0) is 0 Å². The van der Waals surface area contributed by atoms with Gasteiger partial charge in [-0.3, -0.25) is 0 Å². The van der Waals surface area contributed by atoms with Crippen LogP contribution in [0.15, 0.2) is 42.5 Å². The van der Waals surface area contributed by atoms with Crippen molar-refractivity contribution in [3.05, 3.63) is 42.5 Å². The monoisotopic (exact) mass is 212 g/mol. The van der Waals surface area contributed by atoms with E-state index in [4.69, 9.17) is 5.73 Å². The second-order valence-electron chi connectivity index (χ2n) is 4.60. The molecule has 0 aromatic heterocycles. The maximum atomic E-state index is 5.80. The molecule has 16 heavy (non-hydrogen) atoms. The first-order valence-electron chi connectivity index (χ1n) is 5.83. The van der Waals surface area contributed by atoms with Gasteiger partial charge in [-0.15, -0.1) is 0 Å². The van der Waals surface area contributed by atoms with E-state index in [2.05, 4.69) is 47.8 Å². The molecular formula is C14H16N2. The average molecular weight is 212 g/mol. The Morgan fingerprint density at radius 2 is 1.75 bits per heavy atom. The van der Waals surface area contributed by atoms with Crippen LogP contribution in [0.4, 0.5) is 5.69 Å². The summed E-state index contributed by atoms with van der Waals surface area (Å²) in [6.45, 7) is 0. The van der Waals surface area contributed by atoms with Gasteiger partial charge in [0.15, 0.2) is 0 Å². The largest absolute Gasteiger partial charge is 0.382 e. The lowest BCUT2D eigenvalue weighted by Crippen LogP contribution is -2.44. The van der Waals surface area contributed by atoms with E-state index >= 15 is 0 Å². The van der Waals surface area contributed by atoms with E-state index in [1.807, 2.05) is 0 Å². The van der Waals surface area contributed by atoms with E-state index in [0.29, 0.717) is 12.1 Å². The molecule has 82 valence electrons. The van der Waals surface area contributed by atoms with Crippen molar-refractivity contribution in [3.63, 3.8) is 0 Å². The van der Waals surface area contributed by atoms with Crippen molar-refractivity contribution < 1.29 is 0 Å². The molecule has 0 amide bonds. The zero-order valence-electron chi connectivity index (χ0n) is 9.19. The zero-order chi connectivity index (χ0) is 11.0. The number of hydrogen-bond donors (Lipinski definition) is 2. The van der Waals surface area contributed by atoms with Gasteiger partial charge < -0.3 is 11.1 Å². The highest BCUT2D eigenvalue weighted by Crippen LogP contribution is 2.28. The van der Waals surface area contributed by atoms with Crippen molar-refractivity contribution in [3.8, 4) is 0 Å². The first-order chi connectivity index (χ1) is 7.83. The highest BCUT2D eigenvalue weighted by Gasteiger charge is 2.25. The predicted molar refractivity (Wildman–Crippen MR) is 68.6 cm³/mol. The molecule has 2 aromatic carbocycles. The molecule has 1 saturated carbocycles. The Kier molecular flexibility index (Phi) is 2.29. The van der Waals surface area contributed by atoms with E-state index in [9.17, 15) is 0 Å². The minimum Gasteiger partial charge on any atom is -0.382 e. The van der Waals surface area contributed by atoms with Crippen molar-refractivity contribution in [2.75, 3.05) is 5.32 Å². The van der Waals surface area contributed by atoms with Crippen LogP contribution in [0.3, 0.4) is 0 Å². The number of nitrogens with two attached hydrogens (primary N) is 1. The van der Waals surface area contributed by atoms with Gasteiger partial charge in [-0.1, -0.05) is 36.4 Å². The first kappa shape index (κ1) is 9.67. The third-order valence-corrected chi connectivity index (χ3v) is 3.32. The molecule has 0 unspecified atom stereocenters. The summed E-state index contributed by atoms with van der Waals surface area (Å²) >= 11 is 0. The second kappa shape index (κ2) is 3.80. The molecular weight excluding hydrogens is 196 g/mol. The maximum absolute atomic E-state index is 5.80. The van der Waals surface area contributed by atoms with Crippen molar-refractivity contribution >= 4 is 16.5 Å². The van der Waals surface area contributed by atoms with E-state index in [-0.39, 0.29) is 0 Å². The molecule has 0 atom stereocenters. The highest BCUT2D eigenvalue weighted by atomic mass is 15.0. The molecule has 1 aliphatic carbocycles. The Hall–Kier alpha value is -1.54. The molecule has 1 aliphatic rings. The van der Waals surface area contributed by atoms with E-state index in [1.165, 1.54) is 16.5 Å². The predicted octanol–water partition coefficient (Wildman–Crippen LogP) is 2.74. The quantitative estimate of drug-likeness (QED) is 0.803. The summed E-state index contributed by atoms with van der Waals surface area (Å²) in [5, 5.41) is 6.16. The van der Waals surface area contributed by atoms with E-state index in [1.54, 1.807) is 0 Å². The molecule has 0 aliphatic heterocycles. The van der Waals surface area contributed by atoms with Gasteiger partial charge in [-0.2, -0.15) is 0 Å². The SMILES string of the molecule is NC1CC(Nc2cccc3ccccc23)C1. The molecule has 3 rings (SSSR count). The molecule has 1 fully saturated rings. The molecule has 3 N–H and O–H groups in total. The molecule has 2 heteroatoms. The Morgan fingerprint density at radius 1 is 1.00 bits per heavy atom. The topological polar surface area (TPSA) is 38.0 Å². The molecule has 0 radical (unpaired) electrons. The number of benzene rings is 2. The Bertz CT molecular complexity index is 496. The van der Waals surface area contributed by atoms with Crippen molar-refractivity contribution in [2.24, 2.45) is 5.73 Å².